The van der Waals surface area contributed by atoms with E-state index in [4.69, 9.17) is 0 Å². The van der Waals surface area contributed by atoms with E-state index >= 15 is 0 Å². The molecule has 3 aromatic rings. The molecule has 0 aliphatic rings. The minimum atomic E-state index is 1.14. The lowest BCUT2D eigenvalue weighted by molar-refractivity contribution is 1.44. The van der Waals surface area contributed by atoms with Crippen LogP contribution in [0.4, 0.5) is 0 Å². The number of aromatic amines is 1. The summed E-state index contributed by atoms with van der Waals surface area (Å²) in [6.07, 6.45) is 0. The van der Waals surface area contributed by atoms with Crippen LogP contribution < -0.4 is 0 Å². The Balaban J connectivity index is 2.61. The summed E-state index contributed by atoms with van der Waals surface area (Å²) in [4.78, 5) is 3.45. The topological polar surface area (TPSA) is 15.8 Å². The average molecular weight is 260 g/mol. The minimum Gasteiger partial charge on any atom is -0.354 e. The fourth-order valence-corrected chi connectivity index (χ4v) is 2.66. The lowest BCUT2D eigenvalue weighted by atomic mass is 10.1. The maximum atomic E-state index is 3.54. The van der Waals surface area contributed by atoms with Crippen molar-refractivity contribution in [2.75, 3.05) is 0 Å². The van der Waals surface area contributed by atoms with Crippen LogP contribution in [0.1, 0.15) is 5.56 Å². The largest absolute Gasteiger partial charge is 0.354 e. The molecule has 2 heteroatoms. The van der Waals surface area contributed by atoms with Gasteiger partial charge in [0.2, 0.25) is 0 Å². The van der Waals surface area contributed by atoms with Crippen molar-refractivity contribution in [1.29, 1.82) is 0 Å². The van der Waals surface area contributed by atoms with Gasteiger partial charge in [-0.1, -0.05) is 34.1 Å². The molecular weight excluding hydrogens is 250 g/mol. The predicted octanol–water partition coefficient (Wildman–Crippen LogP) is 4.39. The summed E-state index contributed by atoms with van der Waals surface area (Å²) in [5.41, 5.74) is 3.71. The molecular formula is C13H10BrN. The molecule has 0 aliphatic heterocycles. The Hall–Kier alpha value is -1.28. The van der Waals surface area contributed by atoms with Gasteiger partial charge in [0.1, 0.15) is 0 Å². The normalized spacial score (nSPS) is 11.3. The lowest BCUT2D eigenvalue weighted by Crippen LogP contribution is -1.76. The first-order valence-corrected chi connectivity index (χ1v) is 5.71. The molecule has 0 atom stereocenters. The summed E-state index contributed by atoms with van der Waals surface area (Å²) in [5.74, 6) is 0. The van der Waals surface area contributed by atoms with E-state index < -0.39 is 0 Å². The third-order valence-corrected chi connectivity index (χ3v) is 3.24. The van der Waals surface area contributed by atoms with Crippen LogP contribution in [0, 0.1) is 6.92 Å². The van der Waals surface area contributed by atoms with Crippen LogP contribution >= 0.6 is 15.9 Å². The molecule has 1 aromatic heterocycles. The minimum absolute atomic E-state index is 1.14. The molecule has 0 aliphatic carbocycles. The van der Waals surface area contributed by atoms with Crippen molar-refractivity contribution >= 4 is 37.7 Å². The van der Waals surface area contributed by atoms with E-state index in [9.17, 15) is 0 Å². The van der Waals surface area contributed by atoms with Crippen LogP contribution in [0.5, 0.6) is 0 Å². The van der Waals surface area contributed by atoms with Gasteiger partial charge in [0, 0.05) is 26.3 Å². The van der Waals surface area contributed by atoms with E-state index in [1.54, 1.807) is 0 Å². The number of para-hydroxylation sites is 1. The Kier molecular flexibility index (Phi) is 1.86. The molecule has 0 saturated heterocycles. The van der Waals surface area contributed by atoms with E-state index in [1.807, 2.05) is 0 Å². The Morgan fingerprint density at radius 3 is 2.73 bits per heavy atom. The van der Waals surface area contributed by atoms with Crippen LogP contribution in [0.2, 0.25) is 0 Å². The smallest absolute Gasteiger partial charge is 0.0495 e. The first kappa shape index (κ1) is 8.98. The quantitative estimate of drug-likeness (QED) is 0.617. The van der Waals surface area contributed by atoms with Crippen LogP contribution in [-0.2, 0) is 0 Å². The van der Waals surface area contributed by atoms with Crippen molar-refractivity contribution in [3.05, 3.63) is 46.4 Å². The summed E-state index contributed by atoms with van der Waals surface area (Å²) in [5, 5.41) is 2.58. The summed E-state index contributed by atoms with van der Waals surface area (Å²) in [6, 6.07) is 12.7. The molecule has 3 rings (SSSR count). The summed E-state index contributed by atoms with van der Waals surface area (Å²) >= 11 is 3.54. The molecule has 1 nitrogen and oxygen atoms in total. The van der Waals surface area contributed by atoms with E-state index in [-0.39, 0.29) is 0 Å². The molecule has 2 aromatic carbocycles. The first-order chi connectivity index (χ1) is 7.25. The molecule has 15 heavy (non-hydrogen) atoms. The van der Waals surface area contributed by atoms with Crippen molar-refractivity contribution in [2.24, 2.45) is 0 Å². The van der Waals surface area contributed by atoms with Crippen LogP contribution in [-0.4, -0.2) is 4.98 Å². The fourth-order valence-electron chi connectivity index (χ4n) is 2.08. The monoisotopic (exact) mass is 259 g/mol. The number of rotatable bonds is 0. The van der Waals surface area contributed by atoms with Gasteiger partial charge in [0.15, 0.2) is 0 Å². The SMILES string of the molecule is Cc1cc(Br)cc2c1[nH]c1ccccc12. The zero-order valence-electron chi connectivity index (χ0n) is 8.34. The highest BCUT2D eigenvalue weighted by Gasteiger charge is 2.06. The van der Waals surface area contributed by atoms with Gasteiger partial charge in [-0.15, -0.1) is 0 Å². The second kappa shape index (κ2) is 3.11. The van der Waals surface area contributed by atoms with E-state index in [0.29, 0.717) is 0 Å². The second-order valence-electron chi connectivity index (χ2n) is 3.82. The molecule has 0 amide bonds. The van der Waals surface area contributed by atoms with E-state index in [1.165, 1.54) is 27.4 Å². The van der Waals surface area contributed by atoms with Gasteiger partial charge in [-0.3, -0.25) is 0 Å². The van der Waals surface area contributed by atoms with Gasteiger partial charge in [-0.05, 0) is 30.7 Å². The first-order valence-electron chi connectivity index (χ1n) is 4.92. The van der Waals surface area contributed by atoms with Gasteiger partial charge in [-0.2, -0.15) is 0 Å². The summed E-state index contributed by atoms with van der Waals surface area (Å²) in [6.45, 7) is 2.13. The maximum absolute atomic E-state index is 3.54. The molecule has 1 N–H and O–H groups in total. The van der Waals surface area contributed by atoms with Crippen molar-refractivity contribution in [3.63, 3.8) is 0 Å². The number of aromatic nitrogens is 1. The van der Waals surface area contributed by atoms with Gasteiger partial charge in [0.05, 0.1) is 0 Å². The zero-order valence-corrected chi connectivity index (χ0v) is 9.93. The Bertz CT molecular complexity index is 652. The van der Waals surface area contributed by atoms with E-state index in [0.717, 1.165) is 4.47 Å². The van der Waals surface area contributed by atoms with Gasteiger partial charge in [-0.25, -0.2) is 0 Å². The van der Waals surface area contributed by atoms with Crippen LogP contribution in [0.15, 0.2) is 40.9 Å². The number of nitrogens with one attached hydrogen (secondary N) is 1. The number of halogens is 1. The summed E-state index contributed by atoms with van der Waals surface area (Å²) in [7, 11) is 0. The number of fused-ring (bicyclic) bond motifs is 3. The van der Waals surface area contributed by atoms with Gasteiger partial charge < -0.3 is 4.98 Å². The highest BCUT2D eigenvalue weighted by Crippen LogP contribution is 2.30. The standard InChI is InChI=1S/C13H10BrN/c1-8-6-9(14)7-11-10-4-2-3-5-12(10)15-13(8)11/h2-7,15H,1H3. The maximum Gasteiger partial charge on any atom is 0.0495 e. The fraction of sp³-hybridized carbons (Fsp3) is 0.0769. The van der Waals surface area contributed by atoms with E-state index in [2.05, 4.69) is 64.2 Å². The molecule has 0 unspecified atom stereocenters. The molecule has 0 fully saturated rings. The van der Waals surface area contributed by atoms with Crippen LogP contribution in [0.3, 0.4) is 0 Å². The van der Waals surface area contributed by atoms with Crippen molar-refractivity contribution in [3.8, 4) is 0 Å². The summed E-state index contributed by atoms with van der Waals surface area (Å²) < 4.78 is 1.14. The van der Waals surface area contributed by atoms with Gasteiger partial charge in [0.25, 0.3) is 0 Å². The predicted molar refractivity (Wildman–Crippen MR) is 68.2 cm³/mol. The van der Waals surface area contributed by atoms with Crippen molar-refractivity contribution in [2.45, 2.75) is 6.92 Å². The van der Waals surface area contributed by atoms with Gasteiger partial charge >= 0.3 is 0 Å². The third-order valence-electron chi connectivity index (χ3n) is 2.78. The average Bonchev–Trinajstić information content (AvgIpc) is 2.57. The Morgan fingerprint density at radius 2 is 1.87 bits per heavy atom. The highest BCUT2D eigenvalue weighted by molar-refractivity contribution is 9.10. The van der Waals surface area contributed by atoms with Crippen molar-refractivity contribution in [1.82, 2.24) is 4.98 Å². The van der Waals surface area contributed by atoms with Crippen molar-refractivity contribution < 1.29 is 0 Å². The molecule has 1 heterocycles. The number of hydrogen-bond donors (Lipinski definition) is 1. The lowest BCUT2D eigenvalue weighted by Gasteiger charge is -1.97. The molecule has 0 spiro atoms. The molecule has 0 bridgehead atoms. The Morgan fingerprint density at radius 1 is 1.07 bits per heavy atom. The third kappa shape index (κ3) is 1.29. The highest BCUT2D eigenvalue weighted by atomic mass is 79.9. The zero-order chi connectivity index (χ0) is 10.4. The molecule has 74 valence electrons. The number of hydrogen-bond acceptors (Lipinski definition) is 0. The number of H-pyrrole nitrogens is 1. The number of aryl methyl sites for hydroxylation is 1. The number of benzene rings is 2. The molecule has 0 saturated carbocycles. The second-order valence-corrected chi connectivity index (χ2v) is 4.73. The van der Waals surface area contributed by atoms with Crippen LogP contribution in [0.25, 0.3) is 21.8 Å². The molecule has 0 radical (unpaired) electrons. The Labute approximate surface area is 96.2 Å².